The minimum Gasteiger partial charge on any atom is -0.449 e. The number of aromatic nitrogens is 2. The molecule has 1 aromatic heterocycles. The van der Waals surface area contributed by atoms with Crippen LogP contribution in [0.1, 0.15) is 24.7 Å². The van der Waals surface area contributed by atoms with E-state index in [0.29, 0.717) is 24.4 Å². The minimum absolute atomic E-state index is 0.104. The summed E-state index contributed by atoms with van der Waals surface area (Å²) in [5.74, 6) is 0.812. The first-order chi connectivity index (χ1) is 15.9. The van der Waals surface area contributed by atoms with Crippen LogP contribution in [0.2, 0.25) is 0 Å². The Labute approximate surface area is 192 Å². The van der Waals surface area contributed by atoms with Crippen molar-refractivity contribution >= 4 is 27.0 Å². The lowest BCUT2D eigenvalue weighted by Gasteiger charge is -2.12. The quantitative estimate of drug-likeness (QED) is 0.287. The first kappa shape index (κ1) is 22.5. The van der Waals surface area contributed by atoms with Crippen molar-refractivity contribution in [3.8, 4) is 16.9 Å². The van der Waals surface area contributed by atoms with Crippen LogP contribution >= 0.6 is 0 Å². The fourth-order valence-electron chi connectivity index (χ4n) is 3.85. The SMILES string of the molecule is CCCS(=O)(=O)Cc1nc2ccccc2n1Cc1ccc(-c2ccccc2OC(=O)O)cc1. The number of benzene rings is 3. The molecule has 4 rings (SSSR count). The molecule has 0 aliphatic heterocycles. The summed E-state index contributed by atoms with van der Waals surface area (Å²) in [5, 5.41) is 8.98. The van der Waals surface area contributed by atoms with Crippen molar-refractivity contribution in [2.75, 3.05) is 5.75 Å². The van der Waals surface area contributed by atoms with Crippen molar-refractivity contribution in [1.29, 1.82) is 0 Å². The number of nitrogens with zero attached hydrogens (tertiary/aromatic N) is 2. The molecule has 0 saturated heterocycles. The highest BCUT2D eigenvalue weighted by Crippen LogP contribution is 2.30. The van der Waals surface area contributed by atoms with Gasteiger partial charge in [-0.15, -0.1) is 0 Å². The van der Waals surface area contributed by atoms with E-state index < -0.39 is 16.0 Å². The van der Waals surface area contributed by atoms with E-state index >= 15 is 0 Å². The molecule has 0 aliphatic rings. The van der Waals surface area contributed by atoms with Gasteiger partial charge in [0, 0.05) is 12.1 Å². The Morgan fingerprint density at radius 3 is 2.42 bits per heavy atom. The van der Waals surface area contributed by atoms with E-state index in [1.807, 2.05) is 66.1 Å². The molecule has 0 amide bonds. The van der Waals surface area contributed by atoms with Crippen molar-refractivity contribution in [2.24, 2.45) is 0 Å². The number of fused-ring (bicyclic) bond motifs is 1. The predicted octanol–water partition coefficient (Wildman–Crippen LogP) is 5.13. The molecule has 33 heavy (non-hydrogen) atoms. The van der Waals surface area contributed by atoms with Gasteiger partial charge in [0.1, 0.15) is 17.3 Å². The fourth-order valence-corrected chi connectivity index (χ4v) is 5.23. The Morgan fingerprint density at radius 2 is 1.70 bits per heavy atom. The summed E-state index contributed by atoms with van der Waals surface area (Å²) in [6.45, 7) is 2.31. The Bertz CT molecular complexity index is 1390. The van der Waals surface area contributed by atoms with Gasteiger partial charge < -0.3 is 14.4 Å². The Balaban J connectivity index is 1.66. The Kier molecular flexibility index (Phi) is 6.46. The number of para-hydroxylation sites is 3. The van der Waals surface area contributed by atoms with Gasteiger partial charge in [-0.25, -0.2) is 18.2 Å². The van der Waals surface area contributed by atoms with Gasteiger partial charge in [0.25, 0.3) is 0 Å². The van der Waals surface area contributed by atoms with Crippen LogP contribution in [0.5, 0.6) is 5.75 Å². The van der Waals surface area contributed by atoms with Crippen LogP contribution in [-0.2, 0) is 22.1 Å². The summed E-state index contributed by atoms with van der Waals surface area (Å²) in [6, 6.07) is 22.2. The van der Waals surface area contributed by atoms with E-state index in [-0.39, 0.29) is 17.3 Å². The zero-order valence-corrected chi connectivity index (χ0v) is 19.0. The van der Waals surface area contributed by atoms with E-state index in [1.165, 1.54) is 0 Å². The van der Waals surface area contributed by atoms with E-state index in [4.69, 9.17) is 9.84 Å². The van der Waals surface area contributed by atoms with Crippen molar-refractivity contribution in [1.82, 2.24) is 9.55 Å². The van der Waals surface area contributed by atoms with Gasteiger partial charge in [-0.05, 0) is 35.7 Å². The molecule has 0 aliphatic carbocycles. The molecule has 7 nitrogen and oxygen atoms in total. The van der Waals surface area contributed by atoms with E-state index in [9.17, 15) is 13.2 Å². The van der Waals surface area contributed by atoms with Crippen LogP contribution in [0.25, 0.3) is 22.2 Å². The van der Waals surface area contributed by atoms with Crippen LogP contribution < -0.4 is 4.74 Å². The van der Waals surface area contributed by atoms with Crippen LogP contribution in [0.4, 0.5) is 4.79 Å². The van der Waals surface area contributed by atoms with Gasteiger partial charge in [-0.1, -0.05) is 61.5 Å². The minimum atomic E-state index is -3.25. The molecule has 170 valence electrons. The molecule has 0 fully saturated rings. The molecule has 8 heteroatoms. The molecule has 3 aromatic carbocycles. The number of hydrogen-bond acceptors (Lipinski definition) is 5. The number of carbonyl (C=O) groups is 1. The molecule has 0 bridgehead atoms. The molecule has 0 saturated carbocycles. The highest BCUT2D eigenvalue weighted by Gasteiger charge is 2.18. The maximum atomic E-state index is 12.5. The topological polar surface area (TPSA) is 98.5 Å². The van der Waals surface area contributed by atoms with Gasteiger partial charge in [0.15, 0.2) is 9.84 Å². The van der Waals surface area contributed by atoms with Crippen LogP contribution in [0, 0.1) is 0 Å². The van der Waals surface area contributed by atoms with Crippen molar-refractivity contribution < 1.29 is 23.1 Å². The first-order valence-corrected chi connectivity index (χ1v) is 12.4. The first-order valence-electron chi connectivity index (χ1n) is 10.6. The summed E-state index contributed by atoms with van der Waals surface area (Å²) < 4.78 is 31.8. The summed E-state index contributed by atoms with van der Waals surface area (Å²) in [4.78, 5) is 15.6. The highest BCUT2D eigenvalue weighted by atomic mass is 32.2. The Morgan fingerprint density at radius 1 is 1.00 bits per heavy atom. The zero-order valence-electron chi connectivity index (χ0n) is 18.1. The third kappa shape index (κ3) is 5.23. The summed E-state index contributed by atoms with van der Waals surface area (Å²) >= 11 is 0. The van der Waals surface area contributed by atoms with Gasteiger partial charge >= 0.3 is 6.16 Å². The highest BCUT2D eigenvalue weighted by molar-refractivity contribution is 7.90. The maximum absolute atomic E-state index is 12.5. The standard InChI is InChI=1S/C25H24N2O5S/c1-2-15-33(30,31)17-24-26-21-8-4-5-9-22(21)27(24)16-18-11-13-19(14-12-18)20-7-3-6-10-23(20)32-25(28)29/h3-14H,2,15-17H2,1H3,(H,28,29). The largest absolute Gasteiger partial charge is 0.511 e. The number of rotatable bonds is 8. The molecule has 0 spiro atoms. The average molecular weight is 465 g/mol. The maximum Gasteiger partial charge on any atom is 0.511 e. The number of hydrogen-bond donors (Lipinski definition) is 1. The lowest BCUT2D eigenvalue weighted by Crippen LogP contribution is -2.14. The number of carboxylic acid groups (broad SMARTS) is 1. The summed E-state index contributed by atoms with van der Waals surface area (Å²) in [6.07, 6.45) is -0.798. The zero-order chi connectivity index (χ0) is 23.4. The number of imidazole rings is 1. The van der Waals surface area contributed by atoms with Crippen LogP contribution in [0.3, 0.4) is 0 Å². The molecule has 0 radical (unpaired) electrons. The van der Waals surface area contributed by atoms with Gasteiger partial charge in [-0.3, -0.25) is 0 Å². The van der Waals surface area contributed by atoms with Crippen LogP contribution in [0.15, 0.2) is 72.8 Å². The monoisotopic (exact) mass is 464 g/mol. The molecular weight excluding hydrogens is 440 g/mol. The fraction of sp³-hybridized carbons (Fsp3) is 0.200. The van der Waals surface area contributed by atoms with Crippen LogP contribution in [-0.4, -0.2) is 35.0 Å². The van der Waals surface area contributed by atoms with E-state index in [0.717, 1.165) is 22.2 Å². The molecule has 4 aromatic rings. The van der Waals surface area contributed by atoms with E-state index in [1.54, 1.807) is 18.2 Å². The second-order valence-electron chi connectivity index (χ2n) is 7.76. The molecular formula is C25H24N2O5S. The third-order valence-corrected chi connectivity index (χ3v) is 7.02. The lowest BCUT2D eigenvalue weighted by atomic mass is 10.0. The number of ether oxygens (including phenoxy) is 1. The molecule has 0 atom stereocenters. The van der Waals surface area contributed by atoms with Gasteiger partial charge in [0.05, 0.1) is 16.8 Å². The lowest BCUT2D eigenvalue weighted by molar-refractivity contribution is 0.144. The Hall–Kier alpha value is -3.65. The normalized spacial score (nSPS) is 11.5. The van der Waals surface area contributed by atoms with Gasteiger partial charge in [-0.2, -0.15) is 0 Å². The molecule has 1 heterocycles. The van der Waals surface area contributed by atoms with Crippen molar-refractivity contribution in [3.05, 3.63) is 84.2 Å². The molecule has 1 N–H and O–H groups in total. The summed E-state index contributed by atoms with van der Waals surface area (Å²) in [7, 11) is -3.25. The summed E-state index contributed by atoms with van der Waals surface area (Å²) in [5.41, 5.74) is 4.09. The predicted molar refractivity (Wildman–Crippen MR) is 127 cm³/mol. The van der Waals surface area contributed by atoms with Crippen molar-refractivity contribution in [3.63, 3.8) is 0 Å². The second-order valence-corrected chi connectivity index (χ2v) is 9.94. The van der Waals surface area contributed by atoms with Crippen molar-refractivity contribution in [2.45, 2.75) is 25.6 Å². The average Bonchev–Trinajstić information content (AvgIpc) is 3.10. The van der Waals surface area contributed by atoms with E-state index in [2.05, 4.69) is 4.98 Å². The number of sulfone groups is 1. The van der Waals surface area contributed by atoms with Gasteiger partial charge in [0.2, 0.25) is 0 Å². The molecule has 0 unspecified atom stereocenters. The second kappa shape index (κ2) is 9.46. The smallest absolute Gasteiger partial charge is 0.449 e. The third-order valence-electron chi connectivity index (χ3n) is 5.29.